The summed E-state index contributed by atoms with van der Waals surface area (Å²) in [6.45, 7) is 3.21. The zero-order valence-electron chi connectivity index (χ0n) is 11.9. The Hall–Kier alpha value is -2.48. The maximum atomic E-state index is 12.5. The van der Waals surface area contributed by atoms with Crippen LogP contribution in [0.25, 0.3) is 11.0 Å². The van der Waals surface area contributed by atoms with E-state index in [1.807, 2.05) is 17.9 Å². The van der Waals surface area contributed by atoms with Crippen LogP contribution < -0.4 is 0 Å². The van der Waals surface area contributed by atoms with Gasteiger partial charge in [-0.05, 0) is 38.0 Å². The topological polar surface area (TPSA) is 69.9 Å². The zero-order valence-corrected chi connectivity index (χ0v) is 11.9. The summed E-state index contributed by atoms with van der Waals surface area (Å²) in [7, 11) is 0. The van der Waals surface area contributed by atoms with Crippen LogP contribution in [0.4, 0.5) is 0 Å². The van der Waals surface area contributed by atoms with E-state index in [0.29, 0.717) is 18.7 Å². The number of carbonyl (C=O) groups excluding carboxylic acids is 1. The molecule has 0 spiro atoms. The van der Waals surface area contributed by atoms with Gasteiger partial charge in [0.15, 0.2) is 0 Å². The Kier molecular flexibility index (Phi) is 3.30. The largest absolute Gasteiger partial charge is 0.339 e. The quantitative estimate of drug-likeness (QED) is 0.804. The monoisotopic (exact) mass is 280 g/mol. The van der Waals surface area contributed by atoms with E-state index in [9.17, 15) is 4.79 Å². The molecule has 2 aromatic rings. The number of fused-ring (bicyclic) bond motifs is 1. The number of piperidine rings is 1. The van der Waals surface area contributed by atoms with E-state index >= 15 is 0 Å². The van der Waals surface area contributed by atoms with Crippen molar-refractivity contribution in [2.24, 2.45) is 5.41 Å². The second kappa shape index (κ2) is 5.13. The molecular weight excluding hydrogens is 264 g/mol. The molecule has 2 heterocycles. The van der Waals surface area contributed by atoms with Crippen molar-refractivity contribution in [3.63, 3.8) is 0 Å². The lowest BCUT2D eigenvalue weighted by molar-refractivity contribution is 0.0662. The summed E-state index contributed by atoms with van der Waals surface area (Å²) in [4.78, 5) is 22.8. The highest BCUT2D eigenvalue weighted by molar-refractivity contribution is 5.97. The third-order valence-corrected chi connectivity index (χ3v) is 4.14. The predicted octanol–water partition coefficient (Wildman–Crippen LogP) is 2.40. The van der Waals surface area contributed by atoms with Crippen LogP contribution in [0.2, 0.25) is 0 Å². The molecule has 106 valence electrons. The summed E-state index contributed by atoms with van der Waals surface area (Å²) < 4.78 is 0. The van der Waals surface area contributed by atoms with Gasteiger partial charge in [0.1, 0.15) is 0 Å². The van der Waals surface area contributed by atoms with Gasteiger partial charge in [-0.25, -0.2) is 0 Å². The number of hydrogen-bond acceptors (Lipinski definition) is 4. The van der Waals surface area contributed by atoms with Crippen LogP contribution in [0.15, 0.2) is 30.6 Å². The van der Waals surface area contributed by atoms with Gasteiger partial charge in [-0.2, -0.15) is 5.26 Å². The van der Waals surface area contributed by atoms with Crippen LogP contribution in [0.1, 0.15) is 30.1 Å². The minimum absolute atomic E-state index is 0.00235. The van der Waals surface area contributed by atoms with Crippen molar-refractivity contribution in [1.29, 1.82) is 5.26 Å². The molecule has 0 unspecified atom stereocenters. The number of amides is 1. The number of nitrogens with zero attached hydrogens (tertiary/aromatic N) is 4. The normalized spacial score (nSPS) is 17.4. The van der Waals surface area contributed by atoms with Gasteiger partial charge in [0.2, 0.25) is 0 Å². The summed E-state index contributed by atoms with van der Waals surface area (Å²) in [5.41, 5.74) is 1.83. The van der Waals surface area contributed by atoms with Crippen LogP contribution in [0.5, 0.6) is 0 Å². The van der Waals surface area contributed by atoms with E-state index in [1.165, 1.54) is 0 Å². The molecule has 1 aromatic heterocycles. The summed E-state index contributed by atoms with van der Waals surface area (Å²) in [5.74, 6) is 0.00235. The summed E-state index contributed by atoms with van der Waals surface area (Å²) in [6.07, 6.45) is 4.71. The van der Waals surface area contributed by atoms with Crippen LogP contribution >= 0.6 is 0 Å². The molecule has 1 fully saturated rings. The van der Waals surface area contributed by atoms with Gasteiger partial charge in [-0.3, -0.25) is 14.8 Å². The van der Waals surface area contributed by atoms with Gasteiger partial charge in [0.05, 0.1) is 22.5 Å². The minimum Gasteiger partial charge on any atom is -0.339 e. The first-order valence-electron chi connectivity index (χ1n) is 7.03. The highest BCUT2D eigenvalue weighted by Crippen LogP contribution is 2.30. The standard InChI is InChI=1S/C16H16N4O/c1-16(11-17)4-8-20(9-5-16)15(21)12-2-3-13-14(10-12)19-7-6-18-13/h2-3,6-7,10H,4-5,8-9H2,1H3. The van der Waals surface area contributed by atoms with Gasteiger partial charge >= 0.3 is 0 Å². The van der Waals surface area contributed by atoms with Crippen LogP contribution in [0, 0.1) is 16.7 Å². The second-order valence-electron chi connectivity index (χ2n) is 5.72. The average molecular weight is 280 g/mol. The maximum absolute atomic E-state index is 12.5. The SMILES string of the molecule is CC1(C#N)CCN(C(=O)c2ccc3nccnc3c2)CC1. The van der Waals surface area contributed by atoms with Crippen molar-refractivity contribution in [3.05, 3.63) is 36.2 Å². The fourth-order valence-corrected chi connectivity index (χ4v) is 2.59. The van der Waals surface area contributed by atoms with Crippen molar-refractivity contribution in [2.75, 3.05) is 13.1 Å². The molecule has 0 N–H and O–H groups in total. The summed E-state index contributed by atoms with van der Waals surface area (Å²) >= 11 is 0. The van der Waals surface area contributed by atoms with E-state index in [-0.39, 0.29) is 11.3 Å². The number of aromatic nitrogens is 2. The maximum Gasteiger partial charge on any atom is 0.253 e. The van der Waals surface area contributed by atoms with Crippen molar-refractivity contribution >= 4 is 16.9 Å². The second-order valence-corrected chi connectivity index (χ2v) is 5.72. The molecule has 0 aliphatic carbocycles. The van der Waals surface area contributed by atoms with Crippen molar-refractivity contribution in [1.82, 2.24) is 14.9 Å². The van der Waals surface area contributed by atoms with E-state index in [0.717, 1.165) is 23.9 Å². The Morgan fingerprint density at radius 1 is 1.24 bits per heavy atom. The smallest absolute Gasteiger partial charge is 0.253 e. The van der Waals surface area contributed by atoms with Gasteiger partial charge in [0.25, 0.3) is 5.91 Å². The lowest BCUT2D eigenvalue weighted by atomic mass is 9.82. The van der Waals surface area contributed by atoms with E-state index < -0.39 is 0 Å². The fraction of sp³-hybridized carbons (Fsp3) is 0.375. The Morgan fingerprint density at radius 3 is 2.57 bits per heavy atom. The molecule has 21 heavy (non-hydrogen) atoms. The Morgan fingerprint density at radius 2 is 1.90 bits per heavy atom. The van der Waals surface area contributed by atoms with Gasteiger partial charge in [-0.15, -0.1) is 0 Å². The number of rotatable bonds is 1. The number of hydrogen-bond donors (Lipinski definition) is 0. The Balaban J connectivity index is 1.80. The van der Waals surface area contributed by atoms with Crippen molar-refractivity contribution < 1.29 is 4.79 Å². The third-order valence-electron chi connectivity index (χ3n) is 4.14. The number of benzene rings is 1. The molecular formula is C16H16N4O. The number of carbonyl (C=O) groups is 1. The first-order valence-corrected chi connectivity index (χ1v) is 7.03. The van der Waals surface area contributed by atoms with E-state index in [4.69, 9.17) is 5.26 Å². The summed E-state index contributed by atoms with van der Waals surface area (Å²) in [6, 6.07) is 7.74. The predicted molar refractivity (Wildman–Crippen MR) is 78.4 cm³/mol. The Bertz CT molecular complexity index is 726. The highest BCUT2D eigenvalue weighted by atomic mass is 16.2. The lowest BCUT2D eigenvalue weighted by Gasteiger charge is -2.35. The average Bonchev–Trinajstić information content (AvgIpc) is 2.54. The van der Waals surface area contributed by atoms with Crippen molar-refractivity contribution in [3.8, 4) is 6.07 Å². The molecule has 0 saturated carbocycles. The minimum atomic E-state index is -0.300. The molecule has 1 aliphatic rings. The first-order chi connectivity index (χ1) is 10.1. The zero-order chi connectivity index (χ0) is 14.9. The number of nitriles is 1. The van der Waals surface area contributed by atoms with Gasteiger partial charge in [-0.1, -0.05) is 0 Å². The molecule has 1 amide bonds. The fourth-order valence-electron chi connectivity index (χ4n) is 2.59. The lowest BCUT2D eigenvalue weighted by Crippen LogP contribution is -2.41. The molecule has 0 bridgehead atoms. The molecule has 5 heteroatoms. The highest BCUT2D eigenvalue weighted by Gasteiger charge is 2.32. The van der Waals surface area contributed by atoms with Crippen LogP contribution in [0.3, 0.4) is 0 Å². The molecule has 1 aliphatic heterocycles. The van der Waals surface area contributed by atoms with E-state index in [1.54, 1.807) is 24.5 Å². The Labute approximate surface area is 123 Å². The molecule has 3 rings (SSSR count). The summed E-state index contributed by atoms with van der Waals surface area (Å²) in [5, 5.41) is 9.14. The number of likely N-dealkylation sites (tertiary alicyclic amines) is 1. The van der Waals surface area contributed by atoms with Crippen molar-refractivity contribution in [2.45, 2.75) is 19.8 Å². The molecule has 1 saturated heterocycles. The first kappa shape index (κ1) is 13.5. The van der Waals surface area contributed by atoms with Crippen LogP contribution in [-0.4, -0.2) is 33.9 Å². The third kappa shape index (κ3) is 2.57. The molecule has 1 aromatic carbocycles. The molecule has 5 nitrogen and oxygen atoms in total. The van der Waals surface area contributed by atoms with Crippen LogP contribution in [-0.2, 0) is 0 Å². The molecule has 0 atom stereocenters. The molecule has 0 radical (unpaired) electrons. The van der Waals surface area contributed by atoms with E-state index in [2.05, 4.69) is 16.0 Å². The van der Waals surface area contributed by atoms with Gasteiger partial charge in [0, 0.05) is 31.0 Å². The van der Waals surface area contributed by atoms with Gasteiger partial charge < -0.3 is 4.90 Å².